The van der Waals surface area contributed by atoms with E-state index in [1.807, 2.05) is 11.0 Å². The van der Waals surface area contributed by atoms with Gasteiger partial charge in [0, 0.05) is 19.0 Å². The van der Waals surface area contributed by atoms with E-state index in [0.717, 1.165) is 0 Å². The number of piperidine rings is 1. The summed E-state index contributed by atoms with van der Waals surface area (Å²) in [6, 6.07) is 10.5. The fraction of sp³-hybridized carbons (Fsp3) is 0.333. The van der Waals surface area contributed by atoms with Crippen LogP contribution in [0.5, 0.6) is 0 Å². The van der Waals surface area contributed by atoms with Crippen molar-refractivity contribution in [2.24, 2.45) is 5.92 Å². The van der Waals surface area contributed by atoms with Crippen molar-refractivity contribution in [1.82, 2.24) is 10.3 Å². The fourth-order valence-electron chi connectivity index (χ4n) is 3.94. The number of methoxy groups -OCH3 is 1. The molecule has 1 saturated heterocycles. The molecule has 3 heterocycles. The van der Waals surface area contributed by atoms with Crippen molar-refractivity contribution >= 4 is 17.8 Å². The Kier molecular flexibility index (Phi) is 6.92. The summed E-state index contributed by atoms with van der Waals surface area (Å²) in [4.78, 5) is 30.9. The molecule has 0 saturated carbocycles. The normalized spacial score (nSPS) is 14.9. The van der Waals surface area contributed by atoms with Crippen LogP contribution in [0.3, 0.4) is 0 Å². The Morgan fingerprint density at radius 1 is 1.29 bits per heavy atom. The van der Waals surface area contributed by atoms with Crippen molar-refractivity contribution in [1.29, 1.82) is 5.26 Å². The second kappa shape index (κ2) is 10.2. The number of halogens is 1. The number of carbonyl (C=O) groups excluding carboxylic acids is 2. The largest absolute Gasteiger partial charge is 0.469 e. The van der Waals surface area contributed by atoms with E-state index >= 15 is 0 Å². The van der Waals surface area contributed by atoms with Crippen LogP contribution >= 0.6 is 0 Å². The zero-order chi connectivity index (χ0) is 24.1. The zero-order valence-corrected chi connectivity index (χ0v) is 18.5. The Hall–Kier alpha value is -4.13. The van der Waals surface area contributed by atoms with Crippen LogP contribution in [0.1, 0.15) is 36.6 Å². The third kappa shape index (κ3) is 5.09. The number of hydrogen-bond acceptors (Lipinski definition) is 8. The minimum Gasteiger partial charge on any atom is -0.469 e. The maximum absolute atomic E-state index is 13.3. The number of rotatable bonds is 7. The number of furan rings is 1. The Morgan fingerprint density at radius 2 is 2.03 bits per heavy atom. The first-order chi connectivity index (χ1) is 16.5. The van der Waals surface area contributed by atoms with E-state index in [2.05, 4.69) is 10.3 Å². The number of anilines is 1. The molecule has 0 aliphatic carbocycles. The lowest BCUT2D eigenvalue weighted by molar-refractivity contribution is -0.141. The molecule has 1 aliphatic heterocycles. The first-order valence-electron chi connectivity index (χ1n) is 10.8. The summed E-state index contributed by atoms with van der Waals surface area (Å²) in [6.07, 6.45) is 2.46. The molecule has 34 heavy (non-hydrogen) atoms. The fourth-order valence-corrected chi connectivity index (χ4v) is 3.94. The van der Waals surface area contributed by atoms with Gasteiger partial charge in [0.15, 0.2) is 5.76 Å². The third-order valence-electron chi connectivity index (χ3n) is 5.79. The van der Waals surface area contributed by atoms with E-state index in [1.165, 1.54) is 37.6 Å². The average Bonchev–Trinajstić information content (AvgIpc) is 3.54. The van der Waals surface area contributed by atoms with Crippen LogP contribution in [0.2, 0.25) is 0 Å². The van der Waals surface area contributed by atoms with Gasteiger partial charge in [-0.25, -0.2) is 4.39 Å². The Balaban J connectivity index is 1.41. The summed E-state index contributed by atoms with van der Waals surface area (Å²) >= 11 is 0. The van der Waals surface area contributed by atoms with Crippen molar-refractivity contribution in [3.8, 4) is 17.7 Å². The molecule has 1 aliphatic rings. The van der Waals surface area contributed by atoms with Crippen LogP contribution < -0.4 is 10.2 Å². The zero-order valence-electron chi connectivity index (χ0n) is 18.5. The lowest BCUT2D eigenvalue weighted by Gasteiger charge is -2.32. The maximum atomic E-state index is 13.3. The number of carbonyl (C=O) groups is 2. The van der Waals surface area contributed by atoms with Gasteiger partial charge in [-0.1, -0.05) is 12.1 Å². The summed E-state index contributed by atoms with van der Waals surface area (Å²) in [5.41, 5.74) is 0.770. The van der Waals surface area contributed by atoms with Gasteiger partial charge >= 0.3 is 5.97 Å². The van der Waals surface area contributed by atoms with E-state index < -0.39 is 17.8 Å². The molecule has 1 aromatic carbocycles. The molecule has 0 radical (unpaired) electrons. The molecule has 10 heteroatoms. The van der Waals surface area contributed by atoms with E-state index in [4.69, 9.17) is 13.6 Å². The van der Waals surface area contributed by atoms with Crippen molar-refractivity contribution in [2.75, 3.05) is 25.1 Å². The highest BCUT2D eigenvalue weighted by molar-refractivity contribution is 5.80. The molecule has 1 atom stereocenters. The summed E-state index contributed by atoms with van der Waals surface area (Å²) < 4.78 is 29.2. The van der Waals surface area contributed by atoms with Gasteiger partial charge in [-0.15, -0.1) is 0 Å². The van der Waals surface area contributed by atoms with Crippen LogP contribution in [0.15, 0.2) is 51.5 Å². The molecular weight excluding hydrogens is 443 g/mol. The number of benzene rings is 1. The number of esters is 1. The number of hydrogen-bond donors (Lipinski definition) is 1. The van der Waals surface area contributed by atoms with E-state index in [1.54, 1.807) is 12.1 Å². The summed E-state index contributed by atoms with van der Waals surface area (Å²) in [5, 5.41) is 12.4. The minimum absolute atomic E-state index is 0.0636. The molecule has 1 unspecified atom stereocenters. The van der Waals surface area contributed by atoms with Crippen LogP contribution in [0, 0.1) is 23.1 Å². The third-order valence-corrected chi connectivity index (χ3v) is 5.79. The van der Waals surface area contributed by atoms with Gasteiger partial charge < -0.3 is 23.8 Å². The van der Waals surface area contributed by atoms with Gasteiger partial charge in [-0.2, -0.15) is 10.2 Å². The molecule has 1 amide bonds. The number of amides is 1. The van der Waals surface area contributed by atoms with Gasteiger partial charge in [0.25, 0.3) is 5.89 Å². The van der Waals surface area contributed by atoms with Gasteiger partial charge in [-0.05, 0) is 42.7 Å². The smallest absolute Gasteiger partial charge is 0.307 e. The van der Waals surface area contributed by atoms with E-state index in [0.29, 0.717) is 43.1 Å². The lowest BCUT2D eigenvalue weighted by atomic mass is 9.94. The van der Waals surface area contributed by atoms with Crippen LogP contribution in [0.25, 0.3) is 11.7 Å². The number of nitrogens with zero attached hydrogens (tertiary/aromatic N) is 3. The van der Waals surface area contributed by atoms with Crippen LogP contribution in [-0.4, -0.2) is 37.1 Å². The highest BCUT2D eigenvalue weighted by atomic mass is 19.1. The molecule has 0 bridgehead atoms. The van der Waals surface area contributed by atoms with E-state index in [-0.39, 0.29) is 29.8 Å². The average molecular weight is 466 g/mol. The van der Waals surface area contributed by atoms with Crippen molar-refractivity contribution in [2.45, 2.75) is 25.3 Å². The number of aromatic nitrogens is 1. The van der Waals surface area contributed by atoms with Gasteiger partial charge in [0.2, 0.25) is 17.5 Å². The number of oxazole rings is 1. The Labute approximate surface area is 195 Å². The lowest BCUT2D eigenvalue weighted by Crippen LogP contribution is -2.42. The first kappa shape index (κ1) is 23.0. The molecule has 0 spiro atoms. The second-order valence-corrected chi connectivity index (χ2v) is 7.92. The summed E-state index contributed by atoms with van der Waals surface area (Å²) in [7, 11) is 1.28. The highest BCUT2D eigenvalue weighted by Crippen LogP contribution is 2.31. The molecular formula is C24H23FN4O5. The van der Waals surface area contributed by atoms with Crippen molar-refractivity contribution < 1.29 is 27.6 Å². The maximum Gasteiger partial charge on any atom is 0.307 e. The monoisotopic (exact) mass is 466 g/mol. The topological polar surface area (TPSA) is 122 Å². The van der Waals surface area contributed by atoms with Crippen molar-refractivity contribution in [3.05, 3.63) is 59.7 Å². The van der Waals surface area contributed by atoms with Gasteiger partial charge in [0.05, 0.1) is 25.8 Å². The number of nitrogens with one attached hydrogen (secondary N) is 1. The Morgan fingerprint density at radius 3 is 2.65 bits per heavy atom. The second-order valence-electron chi connectivity index (χ2n) is 7.92. The number of nitriles is 1. The molecule has 176 valence electrons. The predicted molar refractivity (Wildman–Crippen MR) is 118 cm³/mol. The predicted octanol–water partition coefficient (Wildman–Crippen LogP) is 3.58. The SMILES string of the molecule is COC(=O)CC(NC(=O)C1CCN(c2oc(-c3ccco3)nc2C#N)CC1)c1ccc(F)cc1. The standard InChI is InChI=1S/C24H23FN4O5/c1-32-21(30)13-18(15-4-6-17(25)7-5-15)27-22(31)16-8-10-29(11-9-16)24-19(14-26)28-23(34-24)20-3-2-12-33-20/h2-7,12,16,18H,8-11,13H2,1H3,(H,27,31). The first-order valence-corrected chi connectivity index (χ1v) is 10.8. The molecule has 4 rings (SSSR count). The highest BCUT2D eigenvalue weighted by Gasteiger charge is 2.31. The van der Waals surface area contributed by atoms with Gasteiger partial charge in [0.1, 0.15) is 11.9 Å². The minimum atomic E-state index is -0.631. The van der Waals surface area contributed by atoms with Crippen LogP contribution in [0.4, 0.5) is 10.3 Å². The Bertz CT molecular complexity index is 1180. The summed E-state index contributed by atoms with van der Waals surface area (Å²) in [6.45, 7) is 0.968. The van der Waals surface area contributed by atoms with Crippen molar-refractivity contribution in [3.63, 3.8) is 0 Å². The molecule has 1 fully saturated rings. The quantitative estimate of drug-likeness (QED) is 0.525. The molecule has 2 aromatic heterocycles. The molecule has 1 N–H and O–H groups in total. The number of ether oxygens (including phenoxy) is 1. The molecule has 3 aromatic rings. The van der Waals surface area contributed by atoms with Crippen LogP contribution in [-0.2, 0) is 14.3 Å². The van der Waals surface area contributed by atoms with E-state index in [9.17, 15) is 19.2 Å². The van der Waals surface area contributed by atoms with Gasteiger partial charge in [-0.3, -0.25) is 9.59 Å². The summed E-state index contributed by atoms with van der Waals surface area (Å²) in [5.74, 6) is -0.384. The molecule has 9 nitrogen and oxygen atoms in total.